The van der Waals surface area contributed by atoms with Gasteiger partial charge >= 0.3 is 12.0 Å². The van der Waals surface area contributed by atoms with E-state index in [0.717, 1.165) is 6.42 Å². The van der Waals surface area contributed by atoms with E-state index in [0.29, 0.717) is 13.2 Å². The third kappa shape index (κ3) is 2.76. The maximum absolute atomic E-state index is 11.1. The number of aromatic nitrogens is 1. The number of nitrogens with zero attached hydrogens (tertiary/aromatic N) is 1. The predicted molar refractivity (Wildman–Crippen MR) is 48.2 cm³/mol. The predicted octanol–water partition coefficient (Wildman–Crippen LogP) is 1.64. The van der Waals surface area contributed by atoms with Gasteiger partial charge in [-0.25, -0.2) is 4.79 Å². The van der Waals surface area contributed by atoms with Gasteiger partial charge in [-0.15, -0.1) is 0 Å². The Bertz CT molecular complexity index is 295. The summed E-state index contributed by atoms with van der Waals surface area (Å²) in [5.74, 6) is -0.498. The van der Waals surface area contributed by atoms with Crippen molar-refractivity contribution in [3.05, 3.63) is 12.0 Å². The lowest BCUT2D eigenvalue weighted by molar-refractivity contribution is 0.0519. The molecule has 0 aromatic carbocycles. The number of carbonyl (C=O) groups excluding carboxylic acids is 1. The largest absolute Gasteiger partial charge is 0.461 e. The zero-order chi connectivity index (χ0) is 10.4. The number of rotatable bonds is 5. The van der Waals surface area contributed by atoms with Crippen molar-refractivity contribution in [1.29, 1.82) is 0 Å². The quantitative estimate of drug-likeness (QED) is 0.674. The summed E-state index contributed by atoms with van der Waals surface area (Å²) in [5.41, 5.74) is 0.137. The topological polar surface area (TPSA) is 61.6 Å². The smallest absolute Gasteiger partial charge is 0.394 e. The number of carbonyl (C=O) groups is 1. The van der Waals surface area contributed by atoms with Crippen LogP contribution in [-0.2, 0) is 4.74 Å². The Hall–Kier alpha value is -1.52. The molecule has 0 N–H and O–H groups in total. The van der Waals surface area contributed by atoms with Crippen molar-refractivity contribution >= 4 is 5.97 Å². The Morgan fingerprint density at radius 1 is 1.57 bits per heavy atom. The molecule has 0 aliphatic carbocycles. The summed E-state index contributed by atoms with van der Waals surface area (Å²) < 4.78 is 14.7. The van der Waals surface area contributed by atoms with Gasteiger partial charge in [-0.2, -0.15) is 4.98 Å². The van der Waals surface area contributed by atoms with E-state index < -0.39 is 5.97 Å². The Morgan fingerprint density at radius 2 is 2.36 bits per heavy atom. The van der Waals surface area contributed by atoms with E-state index in [1.807, 2.05) is 6.92 Å². The Labute approximate surface area is 82.0 Å². The molecule has 78 valence electrons. The molecule has 5 heteroatoms. The van der Waals surface area contributed by atoms with Gasteiger partial charge < -0.3 is 13.9 Å². The standard InChI is InChI=1S/C9H13NO4/c1-3-5-13-9-10-7(6-14-9)8(11)12-4-2/h6H,3-5H2,1-2H3. The molecule has 0 spiro atoms. The minimum atomic E-state index is -0.498. The van der Waals surface area contributed by atoms with E-state index in [9.17, 15) is 4.79 Å². The molecule has 1 aromatic heterocycles. The molecule has 0 aliphatic heterocycles. The van der Waals surface area contributed by atoms with Crippen LogP contribution < -0.4 is 4.74 Å². The minimum absolute atomic E-state index is 0.106. The van der Waals surface area contributed by atoms with Crippen LogP contribution in [0.2, 0.25) is 0 Å². The fourth-order valence-corrected chi connectivity index (χ4v) is 0.812. The Balaban J connectivity index is 2.54. The van der Waals surface area contributed by atoms with Gasteiger partial charge in [0.25, 0.3) is 0 Å². The van der Waals surface area contributed by atoms with E-state index in [1.54, 1.807) is 6.92 Å². The van der Waals surface area contributed by atoms with Crippen LogP contribution in [-0.4, -0.2) is 24.2 Å². The fourth-order valence-electron chi connectivity index (χ4n) is 0.812. The maximum Gasteiger partial charge on any atom is 0.394 e. The Morgan fingerprint density at radius 3 is 3.00 bits per heavy atom. The van der Waals surface area contributed by atoms with Crippen LogP contribution in [0.15, 0.2) is 10.7 Å². The van der Waals surface area contributed by atoms with Gasteiger partial charge in [0.05, 0.1) is 13.2 Å². The molecule has 1 aromatic rings. The number of hydrogen-bond donors (Lipinski definition) is 0. The van der Waals surface area contributed by atoms with E-state index in [2.05, 4.69) is 4.98 Å². The van der Waals surface area contributed by atoms with Gasteiger partial charge in [-0.05, 0) is 13.3 Å². The van der Waals surface area contributed by atoms with Gasteiger partial charge in [0.15, 0.2) is 5.69 Å². The number of esters is 1. The van der Waals surface area contributed by atoms with E-state index in [4.69, 9.17) is 13.9 Å². The van der Waals surface area contributed by atoms with Crippen LogP contribution >= 0.6 is 0 Å². The molecular weight excluding hydrogens is 186 g/mol. The molecule has 0 aliphatic rings. The first-order valence-electron chi connectivity index (χ1n) is 4.53. The summed E-state index contributed by atoms with van der Waals surface area (Å²) in [6, 6.07) is 0. The molecule has 1 heterocycles. The number of hydrogen-bond acceptors (Lipinski definition) is 5. The highest BCUT2D eigenvalue weighted by molar-refractivity contribution is 5.86. The second kappa shape index (κ2) is 5.26. The minimum Gasteiger partial charge on any atom is -0.461 e. The average Bonchev–Trinajstić information content (AvgIpc) is 2.63. The van der Waals surface area contributed by atoms with Crippen molar-refractivity contribution in [2.75, 3.05) is 13.2 Å². The first kappa shape index (κ1) is 10.6. The summed E-state index contributed by atoms with van der Waals surface area (Å²) in [6.07, 6.45) is 2.19. The lowest BCUT2D eigenvalue weighted by Crippen LogP contribution is -2.05. The zero-order valence-electron chi connectivity index (χ0n) is 8.28. The zero-order valence-corrected chi connectivity index (χ0v) is 8.28. The highest BCUT2D eigenvalue weighted by Crippen LogP contribution is 2.11. The van der Waals surface area contributed by atoms with Crippen molar-refractivity contribution in [2.45, 2.75) is 20.3 Å². The van der Waals surface area contributed by atoms with Crippen LogP contribution in [0.1, 0.15) is 30.8 Å². The second-order valence-corrected chi connectivity index (χ2v) is 2.57. The van der Waals surface area contributed by atoms with Crippen molar-refractivity contribution in [3.63, 3.8) is 0 Å². The molecular formula is C9H13NO4. The van der Waals surface area contributed by atoms with Gasteiger partial charge in [0, 0.05) is 0 Å². The van der Waals surface area contributed by atoms with Crippen LogP contribution in [0.3, 0.4) is 0 Å². The third-order valence-electron chi connectivity index (χ3n) is 1.40. The molecule has 5 nitrogen and oxygen atoms in total. The summed E-state index contributed by atoms with van der Waals surface area (Å²) in [4.78, 5) is 14.9. The fraction of sp³-hybridized carbons (Fsp3) is 0.556. The van der Waals surface area contributed by atoms with Crippen molar-refractivity contribution in [3.8, 4) is 6.08 Å². The lowest BCUT2D eigenvalue weighted by Gasteiger charge is -1.96. The molecule has 0 saturated carbocycles. The molecule has 1 rings (SSSR count). The van der Waals surface area contributed by atoms with Crippen molar-refractivity contribution in [1.82, 2.24) is 4.98 Å². The van der Waals surface area contributed by atoms with Crippen molar-refractivity contribution < 1.29 is 18.7 Å². The van der Waals surface area contributed by atoms with Crippen LogP contribution in [0, 0.1) is 0 Å². The average molecular weight is 199 g/mol. The molecule has 14 heavy (non-hydrogen) atoms. The van der Waals surface area contributed by atoms with E-state index in [-0.39, 0.29) is 11.8 Å². The van der Waals surface area contributed by atoms with Gasteiger partial charge in [0.2, 0.25) is 0 Å². The second-order valence-electron chi connectivity index (χ2n) is 2.57. The van der Waals surface area contributed by atoms with Gasteiger partial charge in [-0.1, -0.05) is 6.92 Å². The van der Waals surface area contributed by atoms with E-state index >= 15 is 0 Å². The highest BCUT2D eigenvalue weighted by Gasteiger charge is 2.13. The SMILES string of the molecule is CCCOc1nc(C(=O)OCC)co1. The highest BCUT2D eigenvalue weighted by atomic mass is 16.6. The molecule has 0 unspecified atom stereocenters. The normalized spacial score (nSPS) is 9.86. The van der Waals surface area contributed by atoms with Crippen LogP contribution in [0.5, 0.6) is 6.08 Å². The lowest BCUT2D eigenvalue weighted by atomic mass is 10.5. The van der Waals surface area contributed by atoms with Gasteiger partial charge in [0.1, 0.15) is 6.26 Å². The van der Waals surface area contributed by atoms with Gasteiger partial charge in [-0.3, -0.25) is 0 Å². The van der Waals surface area contributed by atoms with Crippen LogP contribution in [0.25, 0.3) is 0 Å². The molecule has 0 atom stereocenters. The molecule has 0 fully saturated rings. The van der Waals surface area contributed by atoms with Crippen molar-refractivity contribution in [2.24, 2.45) is 0 Å². The summed E-state index contributed by atoms with van der Waals surface area (Å²) >= 11 is 0. The summed E-state index contributed by atoms with van der Waals surface area (Å²) in [5, 5.41) is 0. The van der Waals surface area contributed by atoms with E-state index in [1.165, 1.54) is 6.26 Å². The molecule has 0 amide bonds. The molecule has 0 radical (unpaired) electrons. The van der Waals surface area contributed by atoms with Crippen LogP contribution in [0.4, 0.5) is 0 Å². The first-order chi connectivity index (χ1) is 6.77. The number of ether oxygens (including phenoxy) is 2. The molecule has 0 saturated heterocycles. The molecule has 0 bridgehead atoms. The maximum atomic E-state index is 11.1. The summed E-state index contributed by atoms with van der Waals surface area (Å²) in [6.45, 7) is 4.53. The number of oxazole rings is 1. The third-order valence-corrected chi connectivity index (χ3v) is 1.40. The monoisotopic (exact) mass is 199 g/mol. The Kier molecular flexibility index (Phi) is 3.97. The summed E-state index contributed by atoms with van der Waals surface area (Å²) in [7, 11) is 0. The first-order valence-corrected chi connectivity index (χ1v) is 4.53.